The van der Waals surface area contributed by atoms with E-state index in [1.54, 1.807) is 24.3 Å². The SMILES string of the molecule is CCc1cccc(CC)c1NC(=O)COC(=O)CCC(=O)Nc1ccc(Oc2ccccc2C)cc1. The van der Waals surface area contributed by atoms with Gasteiger partial charge in [-0.05, 0) is 66.8 Å². The number of nitrogens with one attached hydrogen (secondary N) is 2. The van der Waals surface area contributed by atoms with Crippen LogP contribution in [-0.4, -0.2) is 24.4 Å². The molecule has 0 aromatic heterocycles. The van der Waals surface area contributed by atoms with Gasteiger partial charge in [-0.3, -0.25) is 14.4 Å². The molecule has 7 nitrogen and oxygen atoms in total. The molecule has 188 valence electrons. The van der Waals surface area contributed by atoms with E-state index < -0.39 is 18.5 Å². The number of carbonyl (C=O) groups is 3. The Labute approximate surface area is 211 Å². The first-order valence-electron chi connectivity index (χ1n) is 12.1. The van der Waals surface area contributed by atoms with Crippen LogP contribution in [0.4, 0.5) is 11.4 Å². The summed E-state index contributed by atoms with van der Waals surface area (Å²) in [6, 6.07) is 20.6. The molecule has 0 spiro atoms. The Hall–Kier alpha value is -4.13. The molecule has 0 aliphatic rings. The van der Waals surface area contributed by atoms with E-state index in [1.165, 1.54) is 0 Å². The van der Waals surface area contributed by atoms with Crippen LogP contribution in [-0.2, 0) is 32.0 Å². The average molecular weight is 489 g/mol. The van der Waals surface area contributed by atoms with Gasteiger partial charge in [0.1, 0.15) is 11.5 Å². The largest absolute Gasteiger partial charge is 0.457 e. The highest BCUT2D eigenvalue weighted by Crippen LogP contribution is 2.26. The lowest BCUT2D eigenvalue weighted by molar-refractivity contribution is -0.147. The minimum Gasteiger partial charge on any atom is -0.457 e. The zero-order valence-electron chi connectivity index (χ0n) is 20.9. The summed E-state index contributed by atoms with van der Waals surface area (Å²) >= 11 is 0. The van der Waals surface area contributed by atoms with E-state index in [0.29, 0.717) is 11.4 Å². The first kappa shape index (κ1) is 26.5. The van der Waals surface area contributed by atoms with Crippen LogP contribution in [0.25, 0.3) is 0 Å². The Morgan fingerprint density at radius 3 is 2.06 bits per heavy atom. The Morgan fingerprint density at radius 1 is 0.750 bits per heavy atom. The summed E-state index contributed by atoms with van der Waals surface area (Å²) in [6.45, 7) is 5.60. The number of rotatable bonds is 11. The molecule has 36 heavy (non-hydrogen) atoms. The quantitative estimate of drug-likeness (QED) is 0.332. The topological polar surface area (TPSA) is 93.7 Å². The molecule has 0 atom stereocenters. The Kier molecular flexibility index (Phi) is 9.63. The fraction of sp³-hybridized carbons (Fsp3) is 0.276. The van der Waals surface area contributed by atoms with Crippen LogP contribution in [0.15, 0.2) is 66.7 Å². The molecule has 2 amide bonds. The van der Waals surface area contributed by atoms with Crippen molar-refractivity contribution in [3.8, 4) is 11.5 Å². The normalized spacial score (nSPS) is 10.4. The van der Waals surface area contributed by atoms with Crippen molar-refractivity contribution in [2.24, 2.45) is 0 Å². The number of hydrogen-bond acceptors (Lipinski definition) is 5. The standard InChI is InChI=1S/C29H32N2O5/c1-4-21-10-8-11-22(5-2)29(21)31-27(33)19-35-28(34)18-17-26(32)30-23-13-15-24(16-14-23)36-25-12-7-6-9-20(25)3/h6-16H,4-5,17-19H2,1-3H3,(H,30,32)(H,31,33). The number of ether oxygens (including phenoxy) is 2. The van der Waals surface area contributed by atoms with Crippen molar-refractivity contribution in [1.82, 2.24) is 0 Å². The zero-order valence-corrected chi connectivity index (χ0v) is 20.9. The number of amides is 2. The summed E-state index contributed by atoms with van der Waals surface area (Å²) in [5, 5.41) is 5.59. The summed E-state index contributed by atoms with van der Waals surface area (Å²) in [5.41, 5.74) is 4.45. The fourth-order valence-corrected chi connectivity index (χ4v) is 3.64. The Bertz CT molecular complexity index is 1180. The highest BCUT2D eigenvalue weighted by Gasteiger charge is 2.14. The third-order valence-electron chi connectivity index (χ3n) is 5.64. The van der Waals surface area contributed by atoms with Crippen LogP contribution in [0, 0.1) is 6.92 Å². The van der Waals surface area contributed by atoms with E-state index >= 15 is 0 Å². The zero-order chi connectivity index (χ0) is 25.9. The maximum absolute atomic E-state index is 12.3. The van der Waals surface area contributed by atoms with E-state index in [4.69, 9.17) is 9.47 Å². The molecule has 2 N–H and O–H groups in total. The van der Waals surface area contributed by atoms with E-state index in [1.807, 2.05) is 63.2 Å². The molecule has 0 unspecified atom stereocenters. The van der Waals surface area contributed by atoms with Gasteiger partial charge in [0.2, 0.25) is 5.91 Å². The fourth-order valence-electron chi connectivity index (χ4n) is 3.64. The van der Waals surface area contributed by atoms with Crippen molar-refractivity contribution >= 4 is 29.2 Å². The van der Waals surface area contributed by atoms with Gasteiger partial charge in [0, 0.05) is 17.8 Å². The minimum absolute atomic E-state index is 0.0550. The van der Waals surface area contributed by atoms with Gasteiger partial charge in [0.05, 0.1) is 6.42 Å². The number of aryl methyl sites for hydroxylation is 3. The summed E-state index contributed by atoms with van der Waals surface area (Å²) in [4.78, 5) is 36.6. The molecule has 0 saturated carbocycles. The van der Waals surface area contributed by atoms with Gasteiger partial charge in [-0.15, -0.1) is 0 Å². The van der Waals surface area contributed by atoms with Crippen molar-refractivity contribution in [3.05, 3.63) is 83.4 Å². The highest BCUT2D eigenvalue weighted by molar-refractivity contribution is 5.95. The van der Waals surface area contributed by atoms with Crippen LogP contribution in [0.3, 0.4) is 0 Å². The predicted octanol–water partition coefficient (Wildman–Crippen LogP) is 5.81. The number of benzene rings is 3. The maximum Gasteiger partial charge on any atom is 0.306 e. The van der Waals surface area contributed by atoms with Crippen LogP contribution in [0.5, 0.6) is 11.5 Å². The Morgan fingerprint density at radius 2 is 1.42 bits per heavy atom. The lowest BCUT2D eigenvalue weighted by Crippen LogP contribution is -2.23. The lowest BCUT2D eigenvalue weighted by atomic mass is 10.0. The molecule has 0 fully saturated rings. The van der Waals surface area contributed by atoms with Gasteiger partial charge < -0.3 is 20.1 Å². The van der Waals surface area contributed by atoms with Crippen LogP contribution >= 0.6 is 0 Å². The van der Waals surface area contributed by atoms with Gasteiger partial charge in [-0.1, -0.05) is 50.2 Å². The molecule has 7 heteroatoms. The molecular formula is C29H32N2O5. The first-order chi connectivity index (χ1) is 17.4. The van der Waals surface area contributed by atoms with Crippen LogP contribution in [0.2, 0.25) is 0 Å². The summed E-state index contributed by atoms with van der Waals surface area (Å²) < 4.78 is 10.9. The third kappa shape index (κ3) is 7.70. The molecule has 3 rings (SSSR count). The number of carbonyl (C=O) groups excluding carboxylic acids is 3. The molecule has 3 aromatic rings. The molecule has 0 aliphatic heterocycles. The second-order valence-electron chi connectivity index (χ2n) is 8.31. The maximum atomic E-state index is 12.3. The molecule has 0 saturated heterocycles. The third-order valence-corrected chi connectivity index (χ3v) is 5.64. The van der Waals surface area contributed by atoms with Gasteiger partial charge in [0.15, 0.2) is 6.61 Å². The van der Waals surface area contributed by atoms with Crippen LogP contribution < -0.4 is 15.4 Å². The molecule has 0 bridgehead atoms. The van der Waals surface area contributed by atoms with Crippen molar-refractivity contribution in [2.75, 3.05) is 17.2 Å². The first-order valence-corrected chi connectivity index (χ1v) is 12.1. The van der Waals surface area contributed by atoms with Crippen LogP contribution in [0.1, 0.15) is 43.4 Å². The number of anilines is 2. The smallest absolute Gasteiger partial charge is 0.306 e. The van der Waals surface area contributed by atoms with Gasteiger partial charge in [-0.25, -0.2) is 0 Å². The van der Waals surface area contributed by atoms with Gasteiger partial charge >= 0.3 is 5.97 Å². The minimum atomic E-state index is -0.609. The number of para-hydroxylation sites is 2. The van der Waals surface area contributed by atoms with E-state index in [0.717, 1.165) is 41.0 Å². The number of esters is 1. The van der Waals surface area contributed by atoms with Crippen molar-refractivity contribution in [1.29, 1.82) is 0 Å². The molecule has 3 aromatic carbocycles. The summed E-state index contributed by atoms with van der Waals surface area (Å²) in [7, 11) is 0. The molecular weight excluding hydrogens is 456 g/mol. The number of hydrogen-bond donors (Lipinski definition) is 2. The average Bonchev–Trinajstić information content (AvgIpc) is 2.88. The highest BCUT2D eigenvalue weighted by atomic mass is 16.5. The lowest BCUT2D eigenvalue weighted by Gasteiger charge is -2.14. The van der Waals surface area contributed by atoms with E-state index in [2.05, 4.69) is 10.6 Å². The van der Waals surface area contributed by atoms with Gasteiger partial charge in [0.25, 0.3) is 5.91 Å². The Balaban J connectivity index is 1.41. The second-order valence-corrected chi connectivity index (χ2v) is 8.31. The predicted molar refractivity (Wildman–Crippen MR) is 140 cm³/mol. The molecule has 0 radical (unpaired) electrons. The summed E-state index contributed by atoms with van der Waals surface area (Å²) in [5.74, 6) is 0.0743. The van der Waals surface area contributed by atoms with E-state index in [-0.39, 0.29) is 18.7 Å². The van der Waals surface area contributed by atoms with E-state index in [9.17, 15) is 14.4 Å². The summed E-state index contributed by atoms with van der Waals surface area (Å²) in [6.07, 6.45) is 1.38. The van der Waals surface area contributed by atoms with Crippen molar-refractivity contribution in [3.63, 3.8) is 0 Å². The molecule has 0 heterocycles. The molecule has 0 aliphatic carbocycles. The van der Waals surface area contributed by atoms with Crippen molar-refractivity contribution in [2.45, 2.75) is 46.5 Å². The second kappa shape index (κ2) is 13.1. The van der Waals surface area contributed by atoms with Gasteiger partial charge in [-0.2, -0.15) is 0 Å². The van der Waals surface area contributed by atoms with Crippen molar-refractivity contribution < 1.29 is 23.9 Å². The monoisotopic (exact) mass is 488 g/mol.